The Morgan fingerprint density at radius 2 is 2.24 bits per heavy atom. The predicted molar refractivity (Wildman–Crippen MR) is 59.5 cm³/mol. The van der Waals surface area contributed by atoms with Crippen molar-refractivity contribution in [2.45, 2.75) is 0 Å². The van der Waals surface area contributed by atoms with E-state index in [0.29, 0.717) is 0 Å². The van der Waals surface area contributed by atoms with Crippen LogP contribution in [0.2, 0.25) is 0 Å². The molecular formula is C9H12N4O4. The summed E-state index contributed by atoms with van der Waals surface area (Å²) in [6.45, 7) is -0.246. The van der Waals surface area contributed by atoms with E-state index in [1.54, 1.807) is 6.07 Å². The average molecular weight is 240 g/mol. The van der Waals surface area contributed by atoms with Crippen molar-refractivity contribution < 1.29 is 19.8 Å². The maximum Gasteiger partial charge on any atom is 0.337 e. The number of carboxylic acid groups (broad SMARTS) is 2. The van der Waals surface area contributed by atoms with E-state index in [9.17, 15) is 9.59 Å². The summed E-state index contributed by atoms with van der Waals surface area (Å²) >= 11 is 0. The molecule has 8 nitrogen and oxygen atoms in total. The Bertz CT molecular complexity index is 380. The van der Waals surface area contributed by atoms with Crippen LogP contribution >= 0.6 is 0 Å². The average Bonchev–Trinajstić information content (AvgIpc) is 2.31. The zero-order valence-corrected chi connectivity index (χ0v) is 8.78. The van der Waals surface area contributed by atoms with Crippen molar-refractivity contribution in [3.05, 3.63) is 30.1 Å². The number of aromatic carboxylic acids is 1. The summed E-state index contributed by atoms with van der Waals surface area (Å²) in [4.78, 5) is 26.8. The molecule has 1 aromatic rings. The van der Waals surface area contributed by atoms with Crippen LogP contribution in [0, 0.1) is 0 Å². The number of nitrogens with two attached hydrogens (primary N) is 1. The van der Waals surface area contributed by atoms with Gasteiger partial charge in [0.05, 0.1) is 11.9 Å². The molecule has 0 fully saturated rings. The second-order valence-corrected chi connectivity index (χ2v) is 2.58. The van der Waals surface area contributed by atoms with E-state index in [1.165, 1.54) is 18.5 Å². The van der Waals surface area contributed by atoms with Crippen LogP contribution in [0.3, 0.4) is 0 Å². The quantitative estimate of drug-likeness (QED) is 0.237. The van der Waals surface area contributed by atoms with Gasteiger partial charge in [0, 0.05) is 12.4 Å². The molecule has 0 aliphatic heterocycles. The second kappa shape index (κ2) is 8.80. The fourth-order valence-electron chi connectivity index (χ4n) is 0.666. The molecule has 0 amide bonds. The number of aliphatic carboxylic acids is 1. The number of aromatic nitrogens is 1. The van der Waals surface area contributed by atoms with Gasteiger partial charge in [0.15, 0.2) is 0 Å². The summed E-state index contributed by atoms with van der Waals surface area (Å²) in [5.74, 6) is 2.81. The van der Waals surface area contributed by atoms with Crippen LogP contribution < -0.4 is 11.3 Å². The van der Waals surface area contributed by atoms with Gasteiger partial charge in [0.1, 0.15) is 6.54 Å². The Morgan fingerprint density at radius 1 is 1.53 bits per heavy atom. The number of hydrogen-bond donors (Lipinski definition) is 4. The molecule has 1 aromatic heterocycles. The third-order valence-corrected chi connectivity index (χ3v) is 1.30. The first-order chi connectivity index (χ1) is 8.07. The van der Waals surface area contributed by atoms with Gasteiger partial charge in [-0.3, -0.25) is 14.8 Å². The highest BCUT2D eigenvalue weighted by Crippen LogP contribution is 1.92. The molecule has 0 atom stereocenters. The van der Waals surface area contributed by atoms with Gasteiger partial charge < -0.3 is 15.6 Å². The van der Waals surface area contributed by atoms with Crippen LogP contribution in [-0.4, -0.2) is 40.0 Å². The molecule has 0 saturated heterocycles. The summed E-state index contributed by atoms with van der Waals surface area (Å²) in [5, 5.41) is 16.3. The fourth-order valence-corrected chi connectivity index (χ4v) is 0.666. The monoisotopic (exact) mass is 240 g/mol. The first-order valence-corrected chi connectivity index (χ1v) is 4.37. The maximum absolute atomic E-state index is 10.2. The topological polar surface area (TPSA) is 138 Å². The van der Waals surface area contributed by atoms with Crippen molar-refractivity contribution in [1.29, 1.82) is 0 Å². The molecule has 0 unspecified atom stereocenters. The lowest BCUT2D eigenvalue weighted by Crippen LogP contribution is -2.19. The maximum atomic E-state index is 10.2. The van der Waals surface area contributed by atoms with E-state index in [0.717, 1.165) is 6.34 Å². The number of rotatable bonds is 4. The van der Waals surface area contributed by atoms with E-state index in [2.05, 4.69) is 15.4 Å². The Labute approximate surface area is 96.8 Å². The molecule has 17 heavy (non-hydrogen) atoms. The van der Waals surface area contributed by atoms with E-state index in [1.807, 2.05) is 0 Å². The summed E-state index contributed by atoms with van der Waals surface area (Å²) < 4.78 is 0. The van der Waals surface area contributed by atoms with Crippen LogP contribution in [-0.2, 0) is 4.79 Å². The van der Waals surface area contributed by atoms with Crippen molar-refractivity contribution in [2.24, 2.45) is 10.8 Å². The smallest absolute Gasteiger partial charge is 0.337 e. The van der Waals surface area contributed by atoms with Crippen molar-refractivity contribution in [2.75, 3.05) is 6.54 Å². The van der Waals surface area contributed by atoms with Gasteiger partial charge in [0.25, 0.3) is 0 Å². The Kier molecular flexibility index (Phi) is 7.51. The summed E-state index contributed by atoms with van der Waals surface area (Å²) in [7, 11) is 0. The molecule has 1 rings (SSSR count). The number of carboxylic acids is 2. The zero-order chi connectivity index (χ0) is 13.1. The van der Waals surface area contributed by atoms with E-state index < -0.39 is 11.9 Å². The highest BCUT2D eigenvalue weighted by Gasteiger charge is 1.97. The fraction of sp³-hybridized carbons (Fsp3) is 0.111. The number of hydrazine groups is 1. The number of pyridine rings is 1. The molecular weight excluding hydrogens is 228 g/mol. The second-order valence-electron chi connectivity index (χ2n) is 2.58. The number of carbonyl (C=O) groups is 2. The van der Waals surface area contributed by atoms with Crippen LogP contribution in [0.25, 0.3) is 0 Å². The summed E-state index contributed by atoms with van der Waals surface area (Å²) in [6.07, 6.45) is 3.96. The molecule has 0 bridgehead atoms. The minimum Gasteiger partial charge on any atom is -0.480 e. The zero-order valence-electron chi connectivity index (χ0n) is 8.78. The van der Waals surface area contributed by atoms with Gasteiger partial charge in [-0.15, -0.1) is 0 Å². The Hall–Kier alpha value is -2.48. The highest BCUT2D eigenvalue weighted by molar-refractivity contribution is 5.86. The molecule has 0 spiro atoms. The lowest BCUT2D eigenvalue weighted by atomic mass is 10.3. The lowest BCUT2D eigenvalue weighted by Gasteiger charge is -1.87. The van der Waals surface area contributed by atoms with Crippen molar-refractivity contribution >= 4 is 18.3 Å². The van der Waals surface area contributed by atoms with Gasteiger partial charge in [0.2, 0.25) is 0 Å². The molecule has 8 heteroatoms. The van der Waals surface area contributed by atoms with E-state index >= 15 is 0 Å². The molecule has 92 valence electrons. The molecule has 1 heterocycles. The van der Waals surface area contributed by atoms with Gasteiger partial charge >= 0.3 is 11.9 Å². The van der Waals surface area contributed by atoms with Crippen LogP contribution in [0.15, 0.2) is 29.5 Å². The van der Waals surface area contributed by atoms with E-state index in [-0.39, 0.29) is 12.1 Å². The molecule has 0 radical (unpaired) electrons. The minimum atomic E-state index is -0.975. The van der Waals surface area contributed by atoms with E-state index in [4.69, 9.17) is 16.1 Å². The Balaban J connectivity index is 0.000000304. The van der Waals surface area contributed by atoms with Gasteiger partial charge in [-0.1, -0.05) is 0 Å². The SMILES string of the molecule is NNC=NCC(=O)O.O=C(O)c1cccnc1. The molecule has 0 saturated carbocycles. The van der Waals surface area contributed by atoms with Crippen LogP contribution in [0.4, 0.5) is 0 Å². The van der Waals surface area contributed by atoms with Crippen LogP contribution in [0.5, 0.6) is 0 Å². The third kappa shape index (κ3) is 8.51. The molecule has 0 aromatic carbocycles. The van der Waals surface area contributed by atoms with Crippen molar-refractivity contribution in [1.82, 2.24) is 10.4 Å². The number of nitrogens with one attached hydrogen (secondary N) is 1. The Morgan fingerprint density at radius 3 is 2.59 bits per heavy atom. The number of nitrogens with zero attached hydrogens (tertiary/aromatic N) is 2. The van der Waals surface area contributed by atoms with Crippen molar-refractivity contribution in [3.8, 4) is 0 Å². The number of aliphatic imine (C=N–C) groups is 1. The van der Waals surface area contributed by atoms with Gasteiger partial charge in [-0.05, 0) is 12.1 Å². The standard InChI is InChI=1S/C6H5NO2.C3H7N3O2/c8-6(9)5-2-1-3-7-4-5;4-6-2-5-1-3(7)8/h1-4H,(H,8,9);2H,1,4H2,(H,5,6)(H,7,8). The highest BCUT2D eigenvalue weighted by atomic mass is 16.4. The number of hydrogen-bond acceptors (Lipinski definition) is 5. The normalized spacial score (nSPS) is 9.24. The first-order valence-electron chi connectivity index (χ1n) is 4.37. The largest absolute Gasteiger partial charge is 0.480 e. The summed E-state index contributed by atoms with van der Waals surface area (Å²) in [5.41, 5.74) is 2.29. The molecule has 0 aliphatic rings. The summed E-state index contributed by atoms with van der Waals surface area (Å²) in [6, 6.07) is 3.08. The molecule has 0 aliphatic carbocycles. The van der Waals surface area contributed by atoms with Crippen LogP contribution in [0.1, 0.15) is 10.4 Å². The van der Waals surface area contributed by atoms with Crippen molar-refractivity contribution in [3.63, 3.8) is 0 Å². The molecule has 5 N–H and O–H groups in total. The predicted octanol–water partition coefficient (Wildman–Crippen LogP) is -0.658. The lowest BCUT2D eigenvalue weighted by molar-refractivity contribution is -0.135. The third-order valence-electron chi connectivity index (χ3n) is 1.30. The van der Waals surface area contributed by atoms with Gasteiger partial charge in [-0.25, -0.2) is 10.6 Å². The first kappa shape index (κ1) is 14.5. The van der Waals surface area contributed by atoms with Gasteiger partial charge in [-0.2, -0.15) is 0 Å². The minimum absolute atomic E-state index is 0.220.